The third kappa shape index (κ3) is 3.31. The summed E-state index contributed by atoms with van der Waals surface area (Å²) in [5.74, 6) is 0.932. The van der Waals surface area contributed by atoms with Crippen molar-refractivity contribution in [2.75, 3.05) is 7.11 Å². The summed E-state index contributed by atoms with van der Waals surface area (Å²) in [7, 11) is 1.71. The molecule has 0 saturated carbocycles. The van der Waals surface area contributed by atoms with Crippen LogP contribution in [0.2, 0.25) is 0 Å². The number of fused-ring (bicyclic) bond motifs is 1. The van der Waals surface area contributed by atoms with Gasteiger partial charge in [-0.1, -0.05) is 24.3 Å². The Bertz CT molecular complexity index is 748. The van der Waals surface area contributed by atoms with E-state index in [2.05, 4.69) is 30.4 Å². The van der Waals surface area contributed by atoms with E-state index in [0.717, 1.165) is 29.7 Å². The lowest BCUT2D eigenvalue weighted by Gasteiger charge is -2.15. The van der Waals surface area contributed by atoms with Crippen LogP contribution in [0, 0.1) is 0 Å². The van der Waals surface area contributed by atoms with Gasteiger partial charge in [0.05, 0.1) is 13.4 Å². The molecule has 1 unspecified atom stereocenters. The predicted octanol–water partition coefficient (Wildman–Crippen LogP) is 4.16. The van der Waals surface area contributed by atoms with Crippen molar-refractivity contribution in [1.82, 2.24) is 5.32 Å². The number of methoxy groups -OCH3 is 1. The summed E-state index contributed by atoms with van der Waals surface area (Å²) in [5, 5.41) is 4.72. The van der Waals surface area contributed by atoms with Crippen LogP contribution in [0.5, 0.6) is 5.75 Å². The van der Waals surface area contributed by atoms with Crippen LogP contribution >= 0.6 is 0 Å². The molecule has 0 bridgehead atoms. The molecule has 0 radical (unpaired) electrons. The van der Waals surface area contributed by atoms with Crippen LogP contribution in [-0.4, -0.2) is 13.2 Å². The van der Waals surface area contributed by atoms with E-state index >= 15 is 0 Å². The summed E-state index contributed by atoms with van der Waals surface area (Å²) in [6.07, 6.45) is 2.72. The van der Waals surface area contributed by atoms with E-state index in [4.69, 9.17) is 9.15 Å². The number of benzene rings is 2. The quantitative estimate of drug-likeness (QED) is 0.741. The number of hydrogen-bond donors (Lipinski definition) is 1. The lowest BCUT2D eigenvalue weighted by atomic mass is 10.1. The van der Waals surface area contributed by atoms with Crippen molar-refractivity contribution < 1.29 is 9.15 Å². The van der Waals surface area contributed by atoms with Gasteiger partial charge in [-0.3, -0.25) is 0 Å². The summed E-state index contributed by atoms with van der Waals surface area (Å²) in [6, 6.07) is 16.9. The van der Waals surface area contributed by atoms with Crippen molar-refractivity contribution in [1.29, 1.82) is 0 Å². The van der Waals surface area contributed by atoms with Gasteiger partial charge in [0.2, 0.25) is 0 Å². The highest BCUT2D eigenvalue weighted by Crippen LogP contribution is 2.19. The highest BCUT2D eigenvalue weighted by molar-refractivity contribution is 5.77. The fraction of sp³-hybridized carbons (Fsp3) is 0.263. The number of hydrogen-bond acceptors (Lipinski definition) is 3. The summed E-state index contributed by atoms with van der Waals surface area (Å²) >= 11 is 0. The van der Waals surface area contributed by atoms with E-state index in [-0.39, 0.29) is 0 Å². The molecule has 0 aliphatic heterocycles. The molecule has 0 aliphatic carbocycles. The smallest absolute Gasteiger partial charge is 0.133 e. The summed E-state index contributed by atoms with van der Waals surface area (Å²) in [5.41, 5.74) is 3.44. The SMILES string of the molecule is COc1ccccc1CNC(C)Cc1ccc2occc2c1. The number of nitrogens with one attached hydrogen (secondary N) is 1. The van der Waals surface area contributed by atoms with Crippen molar-refractivity contribution >= 4 is 11.0 Å². The standard InChI is InChI=1S/C19H21NO2/c1-14(20-13-17-5-3-4-6-18(17)21-2)11-15-7-8-19-16(12-15)9-10-22-19/h3-10,12,14,20H,11,13H2,1-2H3. The minimum atomic E-state index is 0.384. The van der Waals surface area contributed by atoms with Crippen LogP contribution in [0.1, 0.15) is 18.1 Å². The first-order valence-corrected chi connectivity index (χ1v) is 7.57. The van der Waals surface area contributed by atoms with Gasteiger partial charge in [-0.25, -0.2) is 0 Å². The van der Waals surface area contributed by atoms with Gasteiger partial charge in [-0.15, -0.1) is 0 Å². The Labute approximate surface area is 130 Å². The van der Waals surface area contributed by atoms with E-state index in [1.54, 1.807) is 13.4 Å². The Morgan fingerprint density at radius 2 is 2.00 bits per heavy atom. The molecule has 1 heterocycles. The maximum absolute atomic E-state index is 5.38. The minimum Gasteiger partial charge on any atom is -0.496 e. The average molecular weight is 295 g/mol. The maximum atomic E-state index is 5.38. The van der Waals surface area contributed by atoms with Gasteiger partial charge < -0.3 is 14.5 Å². The van der Waals surface area contributed by atoms with Gasteiger partial charge in [-0.05, 0) is 43.2 Å². The number of rotatable bonds is 6. The van der Waals surface area contributed by atoms with Gasteiger partial charge in [0.15, 0.2) is 0 Å². The summed E-state index contributed by atoms with van der Waals surface area (Å²) < 4.78 is 10.8. The zero-order valence-electron chi connectivity index (χ0n) is 13.0. The summed E-state index contributed by atoms with van der Waals surface area (Å²) in [4.78, 5) is 0. The second-order valence-electron chi connectivity index (χ2n) is 5.59. The molecule has 3 nitrogen and oxygen atoms in total. The van der Waals surface area contributed by atoms with Gasteiger partial charge in [-0.2, -0.15) is 0 Å². The molecular formula is C19H21NO2. The monoisotopic (exact) mass is 295 g/mol. The van der Waals surface area contributed by atoms with Gasteiger partial charge in [0.1, 0.15) is 11.3 Å². The van der Waals surface area contributed by atoms with E-state index < -0.39 is 0 Å². The molecule has 1 aromatic heterocycles. The number of para-hydroxylation sites is 1. The average Bonchev–Trinajstić information content (AvgIpc) is 3.01. The number of ether oxygens (including phenoxy) is 1. The molecule has 0 fully saturated rings. The fourth-order valence-corrected chi connectivity index (χ4v) is 2.70. The van der Waals surface area contributed by atoms with Gasteiger partial charge in [0.25, 0.3) is 0 Å². The lowest BCUT2D eigenvalue weighted by molar-refractivity contribution is 0.405. The molecule has 0 amide bonds. The Balaban J connectivity index is 1.61. The first kappa shape index (κ1) is 14.7. The predicted molar refractivity (Wildman–Crippen MR) is 89.2 cm³/mol. The third-order valence-corrected chi connectivity index (χ3v) is 3.89. The van der Waals surface area contributed by atoms with E-state index in [1.165, 1.54) is 11.1 Å². The highest BCUT2D eigenvalue weighted by atomic mass is 16.5. The van der Waals surface area contributed by atoms with Gasteiger partial charge >= 0.3 is 0 Å². The van der Waals surface area contributed by atoms with Crippen molar-refractivity contribution in [2.45, 2.75) is 25.9 Å². The van der Waals surface area contributed by atoms with Crippen molar-refractivity contribution in [3.05, 3.63) is 65.9 Å². The Hall–Kier alpha value is -2.26. The van der Waals surface area contributed by atoms with E-state index in [9.17, 15) is 0 Å². The Morgan fingerprint density at radius 3 is 2.86 bits per heavy atom. The molecule has 0 spiro atoms. The van der Waals surface area contributed by atoms with Crippen molar-refractivity contribution in [3.8, 4) is 5.75 Å². The van der Waals surface area contributed by atoms with Crippen LogP contribution in [0.3, 0.4) is 0 Å². The molecule has 2 aromatic carbocycles. The molecule has 3 heteroatoms. The van der Waals surface area contributed by atoms with Crippen LogP contribution in [-0.2, 0) is 13.0 Å². The van der Waals surface area contributed by atoms with Crippen LogP contribution in [0.25, 0.3) is 11.0 Å². The zero-order valence-corrected chi connectivity index (χ0v) is 13.0. The molecule has 1 atom stereocenters. The van der Waals surface area contributed by atoms with Crippen LogP contribution in [0.15, 0.2) is 59.2 Å². The second kappa shape index (κ2) is 6.67. The first-order chi connectivity index (χ1) is 10.8. The molecular weight excluding hydrogens is 274 g/mol. The third-order valence-electron chi connectivity index (χ3n) is 3.89. The summed E-state index contributed by atoms with van der Waals surface area (Å²) in [6.45, 7) is 3.01. The van der Waals surface area contributed by atoms with E-state index in [1.807, 2.05) is 30.3 Å². The second-order valence-corrected chi connectivity index (χ2v) is 5.59. The highest BCUT2D eigenvalue weighted by Gasteiger charge is 2.07. The van der Waals surface area contributed by atoms with Gasteiger partial charge in [0, 0.05) is 23.5 Å². The number of furan rings is 1. The first-order valence-electron chi connectivity index (χ1n) is 7.57. The Morgan fingerprint density at radius 1 is 1.14 bits per heavy atom. The molecule has 0 saturated heterocycles. The zero-order chi connectivity index (χ0) is 15.4. The molecule has 3 rings (SSSR count). The minimum absolute atomic E-state index is 0.384. The molecule has 3 aromatic rings. The lowest BCUT2D eigenvalue weighted by Crippen LogP contribution is -2.27. The molecule has 0 aliphatic rings. The molecule has 22 heavy (non-hydrogen) atoms. The topological polar surface area (TPSA) is 34.4 Å². The Kier molecular flexibility index (Phi) is 4.45. The molecule has 114 valence electrons. The fourth-order valence-electron chi connectivity index (χ4n) is 2.70. The van der Waals surface area contributed by atoms with Crippen LogP contribution < -0.4 is 10.1 Å². The van der Waals surface area contributed by atoms with E-state index in [0.29, 0.717) is 6.04 Å². The van der Waals surface area contributed by atoms with Crippen molar-refractivity contribution in [3.63, 3.8) is 0 Å². The molecule has 1 N–H and O–H groups in total. The largest absolute Gasteiger partial charge is 0.496 e. The maximum Gasteiger partial charge on any atom is 0.133 e. The normalized spacial score (nSPS) is 12.5. The van der Waals surface area contributed by atoms with Crippen molar-refractivity contribution in [2.24, 2.45) is 0 Å². The van der Waals surface area contributed by atoms with Crippen LogP contribution in [0.4, 0.5) is 0 Å².